The van der Waals surface area contributed by atoms with Gasteiger partial charge in [-0.2, -0.15) is 0 Å². The van der Waals surface area contributed by atoms with Crippen molar-refractivity contribution < 1.29 is 43.6 Å². The van der Waals surface area contributed by atoms with Crippen LogP contribution in [-0.4, -0.2) is 128 Å². The minimum Gasteiger partial charge on any atom is -0.492 e. The summed E-state index contributed by atoms with van der Waals surface area (Å²) in [7, 11) is 2.83. The van der Waals surface area contributed by atoms with E-state index >= 15 is 9.59 Å². The molecule has 73 heavy (non-hydrogen) atoms. The summed E-state index contributed by atoms with van der Waals surface area (Å²) in [5.74, 6) is 0.426. The standard InChI is InChI=1S/C55H75N9O9/c1-13-22-59-51(67)45-24-36-14-19-46(72-29-40(65)27-57)42(23-36)43-25-38(26-47(50(43)71-12)73-30-41(66)28-58)49(53(69)62-33(5)32(4)61-45)64(11)54(70)44(20-21-56)63-52(68)48(31(2)3)35(7)60-34(6)37-15-17-39(18-16-37)55(8,9)10/h1,14-19,23,25-26,33,40-41,44-45,49,61,65-66H,4,6,20-22,24,27-30,56-58H2,2-3,5,7-12H3,(H,59,67)(H,62,69)(H,63,68)/t33-,40+,41+,44-,45?,49?/m0/s1. The average Bonchev–Trinajstić information content (AvgIpc) is 3.35. The molecule has 6 atom stereocenters. The summed E-state index contributed by atoms with van der Waals surface area (Å²) in [5, 5.41) is 32.8. The Labute approximate surface area is 429 Å². The summed E-state index contributed by atoms with van der Waals surface area (Å²) in [6.07, 6.45) is 3.42. The van der Waals surface area contributed by atoms with E-state index in [1.165, 1.54) is 25.1 Å². The summed E-state index contributed by atoms with van der Waals surface area (Å²) in [4.78, 5) is 64.1. The van der Waals surface area contributed by atoms with E-state index < -0.39 is 60.0 Å². The van der Waals surface area contributed by atoms with Crippen LogP contribution in [0.25, 0.3) is 16.8 Å². The second-order valence-corrected chi connectivity index (χ2v) is 19.2. The lowest BCUT2D eigenvalue weighted by atomic mass is 9.86. The number of methoxy groups -OCH3 is 1. The molecule has 1 heterocycles. The van der Waals surface area contributed by atoms with Crippen molar-refractivity contribution in [3.63, 3.8) is 0 Å². The van der Waals surface area contributed by atoms with Gasteiger partial charge >= 0.3 is 0 Å². The first-order chi connectivity index (χ1) is 34.5. The van der Waals surface area contributed by atoms with Gasteiger partial charge < -0.3 is 67.8 Å². The molecule has 1 aliphatic rings. The Morgan fingerprint density at radius 2 is 1.59 bits per heavy atom. The maximum absolute atomic E-state index is 15.1. The Bertz CT molecular complexity index is 2590. The molecule has 0 fully saturated rings. The van der Waals surface area contributed by atoms with E-state index in [1.807, 2.05) is 24.3 Å². The van der Waals surface area contributed by atoms with Crippen molar-refractivity contribution >= 4 is 35.0 Å². The summed E-state index contributed by atoms with van der Waals surface area (Å²) in [6.45, 7) is 20.8. The van der Waals surface area contributed by atoms with Gasteiger partial charge in [0.25, 0.3) is 5.91 Å². The molecule has 394 valence electrons. The van der Waals surface area contributed by atoms with E-state index in [2.05, 4.69) is 61.1 Å². The van der Waals surface area contributed by atoms with E-state index in [1.54, 1.807) is 52.0 Å². The van der Waals surface area contributed by atoms with Crippen LogP contribution in [0.1, 0.15) is 83.2 Å². The van der Waals surface area contributed by atoms with Crippen LogP contribution in [0.2, 0.25) is 0 Å². The number of benzene rings is 3. The third-order valence-electron chi connectivity index (χ3n) is 12.2. The second kappa shape index (κ2) is 26.6. The van der Waals surface area contributed by atoms with Crippen molar-refractivity contribution in [2.24, 2.45) is 22.2 Å². The quantitative estimate of drug-likeness (QED) is 0.0448. The number of nitrogens with two attached hydrogens (primary N) is 3. The van der Waals surface area contributed by atoms with E-state index in [0.717, 1.165) is 11.1 Å². The second-order valence-electron chi connectivity index (χ2n) is 19.2. The third kappa shape index (κ3) is 15.5. The number of allylic oxidation sites excluding steroid dienone is 1. The number of amides is 4. The Balaban J connectivity index is 1.92. The molecule has 4 rings (SSSR count). The molecule has 18 nitrogen and oxygen atoms in total. The van der Waals surface area contributed by atoms with Gasteiger partial charge in [-0.1, -0.05) is 75.8 Å². The first-order valence-corrected chi connectivity index (χ1v) is 24.1. The molecule has 2 unspecified atom stereocenters. The molecule has 0 saturated heterocycles. The normalized spacial score (nSPS) is 17.2. The van der Waals surface area contributed by atoms with Gasteiger partial charge in [0.15, 0.2) is 11.5 Å². The minimum atomic E-state index is -1.48. The number of likely N-dealkylation sites (N-methyl/N-ethyl adjacent to an activating group) is 1. The van der Waals surface area contributed by atoms with Gasteiger partial charge in [0.05, 0.1) is 36.7 Å². The fourth-order valence-corrected chi connectivity index (χ4v) is 8.10. The van der Waals surface area contributed by atoms with Crippen molar-refractivity contribution in [1.82, 2.24) is 26.2 Å². The highest BCUT2D eigenvalue weighted by Crippen LogP contribution is 2.45. The maximum Gasteiger partial charge on any atom is 0.253 e. The van der Waals surface area contributed by atoms with Gasteiger partial charge in [-0.15, -0.1) is 6.42 Å². The molecule has 18 heteroatoms. The van der Waals surface area contributed by atoms with Crippen LogP contribution in [0.3, 0.4) is 0 Å². The Morgan fingerprint density at radius 1 is 0.959 bits per heavy atom. The molecule has 4 amide bonds. The largest absolute Gasteiger partial charge is 0.492 e. The molecular formula is C55H75N9O9. The predicted octanol–water partition coefficient (Wildman–Crippen LogP) is 3.14. The lowest BCUT2D eigenvalue weighted by Gasteiger charge is -2.33. The molecule has 0 spiro atoms. The molecule has 0 saturated carbocycles. The number of fused-ring (bicyclic) bond motifs is 5. The van der Waals surface area contributed by atoms with Gasteiger partial charge in [0.2, 0.25) is 17.7 Å². The van der Waals surface area contributed by atoms with Gasteiger partial charge in [-0.05, 0) is 92.6 Å². The van der Waals surface area contributed by atoms with Crippen LogP contribution in [0, 0.1) is 12.3 Å². The maximum atomic E-state index is 15.1. The Morgan fingerprint density at radius 3 is 2.15 bits per heavy atom. The number of aliphatic imine (C=N–C) groups is 1. The van der Waals surface area contributed by atoms with Gasteiger partial charge in [0.1, 0.15) is 49.3 Å². The third-order valence-corrected chi connectivity index (χ3v) is 12.2. The summed E-state index contributed by atoms with van der Waals surface area (Å²) in [6, 6.07) is 11.7. The molecule has 12 N–H and O–H groups in total. The van der Waals surface area contributed by atoms with E-state index in [-0.39, 0.29) is 91.7 Å². The number of terminal acetylenes is 1. The first-order valence-electron chi connectivity index (χ1n) is 24.1. The lowest BCUT2D eigenvalue weighted by Crippen LogP contribution is -2.53. The van der Waals surface area contributed by atoms with Crippen LogP contribution in [0.15, 0.2) is 89.6 Å². The van der Waals surface area contributed by atoms with Crippen molar-refractivity contribution in [3.8, 4) is 40.7 Å². The molecule has 3 aromatic rings. The first kappa shape index (κ1) is 58.6. The van der Waals surface area contributed by atoms with E-state index in [0.29, 0.717) is 33.7 Å². The lowest BCUT2D eigenvalue weighted by molar-refractivity contribution is -0.142. The molecule has 0 aliphatic carbocycles. The number of carbonyl (C=O) groups is 4. The van der Waals surface area contributed by atoms with E-state index in [4.69, 9.17) is 42.8 Å². The molecule has 1 aliphatic heterocycles. The van der Waals surface area contributed by atoms with Crippen molar-refractivity contribution in [2.75, 3.05) is 53.6 Å². The molecule has 4 bridgehead atoms. The smallest absolute Gasteiger partial charge is 0.253 e. The van der Waals surface area contributed by atoms with Crippen LogP contribution >= 0.6 is 0 Å². The average molecular weight is 1010 g/mol. The Hall–Kier alpha value is -7.01. The number of nitrogens with one attached hydrogen (secondary N) is 4. The highest BCUT2D eigenvalue weighted by Gasteiger charge is 2.37. The number of nitrogens with zero attached hydrogens (tertiary/aromatic N) is 2. The summed E-state index contributed by atoms with van der Waals surface area (Å²) in [5.41, 5.74) is 22.9. The Kier molecular flexibility index (Phi) is 21.4. The van der Waals surface area contributed by atoms with Gasteiger partial charge in [-0.3, -0.25) is 24.2 Å². The fourth-order valence-electron chi connectivity index (χ4n) is 8.10. The van der Waals surface area contributed by atoms with Crippen LogP contribution in [0.5, 0.6) is 17.2 Å². The number of aliphatic hydroxyl groups excluding tert-OH is 2. The van der Waals surface area contributed by atoms with Gasteiger partial charge in [-0.25, -0.2) is 0 Å². The van der Waals surface area contributed by atoms with Crippen molar-refractivity contribution in [3.05, 3.63) is 107 Å². The molecule has 0 radical (unpaired) electrons. The fraction of sp³-hybridized carbons (Fsp3) is 0.436. The number of carbonyl (C=O) groups excluding carboxylic acids is 4. The number of hydrogen-bond donors (Lipinski definition) is 9. The number of aliphatic hydroxyl groups is 2. The zero-order valence-corrected chi connectivity index (χ0v) is 43.7. The zero-order chi connectivity index (χ0) is 54.3. The highest BCUT2D eigenvalue weighted by molar-refractivity contribution is 6.22. The molecule has 3 aromatic carbocycles. The van der Waals surface area contributed by atoms with Crippen LogP contribution in [-0.2, 0) is 31.0 Å². The van der Waals surface area contributed by atoms with E-state index in [9.17, 15) is 19.8 Å². The summed E-state index contributed by atoms with van der Waals surface area (Å²) >= 11 is 0. The SMILES string of the molecule is C#CCNC(=O)C1Cc2ccc(OC[C@H](O)CN)c(c2)-c2cc(cc(OC[C@H](O)CN)c2OC)C(N(C)C(=O)[C@H](CCN)NC(=O)C(C(C)=NC(=C)c2ccc(C(C)(C)C)cc2)=C(C)C)C(=O)N[C@@H](C)C(=C)N1. The van der Waals surface area contributed by atoms with Crippen molar-refractivity contribution in [2.45, 2.75) is 103 Å². The summed E-state index contributed by atoms with van der Waals surface area (Å²) < 4.78 is 18.4. The molecular weight excluding hydrogens is 931 g/mol. The predicted molar refractivity (Wildman–Crippen MR) is 286 cm³/mol. The number of ether oxygens (including phenoxy) is 3. The zero-order valence-electron chi connectivity index (χ0n) is 43.7. The minimum absolute atomic E-state index is 0.0231. The number of rotatable bonds is 20. The van der Waals surface area contributed by atoms with Gasteiger partial charge in [0, 0.05) is 43.4 Å². The van der Waals surface area contributed by atoms with Crippen molar-refractivity contribution in [1.29, 1.82) is 0 Å². The van der Waals surface area contributed by atoms with Crippen LogP contribution in [0.4, 0.5) is 0 Å². The molecule has 0 aromatic heterocycles. The highest BCUT2D eigenvalue weighted by atomic mass is 16.5. The topological polar surface area (TPSA) is 278 Å². The van der Waals surface area contributed by atoms with Crippen LogP contribution < -0.4 is 52.7 Å². The number of hydrogen-bond acceptors (Lipinski definition) is 14. The monoisotopic (exact) mass is 1010 g/mol.